The van der Waals surface area contributed by atoms with Crippen LogP contribution in [0.1, 0.15) is 54.6 Å². The molecule has 0 bridgehead atoms. The van der Waals surface area contributed by atoms with Crippen LogP contribution in [0.4, 0.5) is 0 Å². The van der Waals surface area contributed by atoms with Gasteiger partial charge in [-0.1, -0.05) is 42.7 Å². The van der Waals surface area contributed by atoms with Crippen molar-refractivity contribution >= 4 is 23.2 Å². The summed E-state index contributed by atoms with van der Waals surface area (Å²) in [6.45, 7) is 2.62. The van der Waals surface area contributed by atoms with Crippen LogP contribution in [0.5, 0.6) is 0 Å². The Bertz CT molecular complexity index is 844. The maximum Gasteiger partial charge on any atom is 0.358 e. The van der Waals surface area contributed by atoms with Crippen molar-refractivity contribution in [1.82, 2.24) is 9.88 Å². The number of fused-ring (bicyclic) bond motifs is 1. The molecule has 2 aromatic rings. The lowest BCUT2D eigenvalue weighted by atomic mass is 9.78. The van der Waals surface area contributed by atoms with Gasteiger partial charge >= 0.3 is 5.97 Å². The Hall–Kier alpha value is -2.21. The van der Waals surface area contributed by atoms with E-state index in [-0.39, 0.29) is 18.2 Å². The van der Waals surface area contributed by atoms with Gasteiger partial charge in [0.05, 0.1) is 0 Å². The number of hydrogen-bond acceptors (Lipinski definition) is 5. The van der Waals surface area contributed by atoms with E-state index in [1.54, 1.807) is 5.38 Å². The highest BCUT2D eigenvalue weighted by atomic mass is 32.1. The Morgan fingerprint density at radius 2 is 1.89 bits per heavy atom. The van der Waals surface area contributed by atoms with Gasteiger partial charge in [-0.3, -0.25) is 4.79 Å². The minimum absolute atomic E-state index is 0.0704. The Labute approximate surface area is 169 Å². The SMILES string of the molecule is Cc1ccc(-c2nc(C(=O)OCC(=O)N3CCC[C@@H]4CCCC[C@@H]43)cs2)cc1. The number of nitrogens with zero attached hydrogens (tertiary/aromatic N) is 2. The Kier molecular flexibility index (Phi) is 5.76. The zero-order chi connectivity index (χ0) is 19.5. The Morgan fingerprint density at radius 1 is 1.14 bits per heavy atom. The van der Waals surface area contributed by atoms with E-state index in [4.69, 9.17) is 4.74 Å². The maximum absolute atomic E-state index is 12.7. The van der Waals surface area contributed by atoms with Gasteiger partial charge in [-0.2, -0.15) is 0 Å². The van der Waals surface area contributed by atoms with Gasteiger partial charge in [-0.15, -0.1) is 11.3 Å². The van der Waals surface area contributed by atoms with Gasteiger partial charge in [0.1, 0.15) is 5.01 Å². The Balaban J connectivity index is 1.35. The van der Waals surface area contributed by atoms with E-state index >= 15 is 0 Å². The molecule has 2 aliphatic rings. The second kappa shape index (κ2) is 8.43. The zero-order valence-corrected chi connectivity index (χ0v) is 17.0. The van der Waals surface area contributed by atoms with Gasteiger partial charge in [0, 0.05) is 23.5 Å². The third kappa shape index (κ3) is 4.12. The highest BCUT2D eigenvalue weighted by molar-refractivity contribution is 7.13. The third-order valence-corrected chi connectivity index (χ3v) is 6.79. The van der Waals surface area contributed by atoms with E-state index in [0.29, 0.717) is 12.0 Å². The third-order valence-electron chi connectivity index (χ3n) is 5.90. The smallest absolute Gasteiger partial charge is 0.358 e. The summed E-state index contributed by atoms with van der Waals surface area (Å²) in [5.74, 6) is 0.0249. The normalized spacial score (nSPS) is 21.8. The van der Waals surface area contributed by atoms with Gasteiger partial charge in [0.15, 0.2) is 12.3 Å². The van der Waals surface area contributed by atoms with Crippen LogP contribution in [-0.4, -0.2) is 41.0 Å². The standard InChI is InChI=1S/C22H26N2O3S/c1-15-8-10-17(11-9-15)21-23-18(14-28-21)22(26)27-13-20(25)24-12-4-6-16-5-2-3-7-19(16)24/h8-11,14,16,19H,2-7,12-13H2,1H3/t16-,19-/m0/s1. The molecule has 1 saturated carbocycles. The number of esters is 1. The fourth-order valence-corrected chi connectivity index (χ4v) is 5.21. The van der Waals surface area contributed by atoms with Crippen LogP contribution in [0.15, 0.2) is 29.6 Å². The van der Waals surface area contributed by atoms with Crippen LogP contribution in [0.3, 0.4) is 0 Å². The highest BCUT2D eigenvalue weighted by Crippen LogP contribution is 2.35. The summed E-state index contributed by atoms with van der Waals surface area (Å²) < 4.78 is 5.31. The van der Waals surface area contributed by atoms with Gasteiger partial charge in [-0.25, -0.2) is 9.78 Å². The average molecular weight is 399 g/mol. The summed E-state index contributed by atoms with van der Waals surface area (Å²) in [6.07, 6.45) is 7.02. The molecule has 6 heteroatoms. The molecule has 0 spiro atoms. The fourth-order valence-electron chi connectivity index (χ4n) is 4.41. The number of likely N-dealkylation sites (tertiary alicyclic amines) is 1. The van der Waals surface area contributed by atoms with Crippen molar-refractivity contribution in [3.63, 3.8) is 0 Å². The molecule has 4 rings (SSSR count). The maximum atomic E-state index is 12.7. The molecule has 148 valence electrons. The molecule has 1 saturated heterocycles. The zero-order valence-electron chi connectivity index (χ0n) is 16.2. The summed E-state index contributed by atoms with van der Waals surface area (Å²) in [6, 6.07) is 8.35. The number of carbonyl (C=O) groups is 2. The monoisotopic (exact) mass is 398 g/mol. The highest BCUT2D eigenvalue weighted by Gasteiger charge is 2.35. The topological polar surface area (TPSA) is 59.5 Å². The van der Waals surface area contributed by atoms with E-state index in [2.05, 4.69) is 4.98 Å². The van der Waals surface area contributed by atoms with Crippen LogP contribution in [-0.2, 0) is 9.53 Å². The number of hydrogen-bond donors (Lipinski definition) is 0. The number of rotatable bonds is 4. The van der Waals surface area contributed by atoms with Crippen molar-refractivity contribution in [2.24, 2.45) is 5.92 Å². The summed E-state index contributed by atoms with van der Waals surface area (Å²) in [7, 11) is 0. The predicted octanol–water partition coefficient (Wildman–Crippen LogP) is 4.46. The van der Waals surface area contributed by atoms with Gasteiger partial charge in [0.25, 0.3) is 5.91 Å². The molecule has 1 aliphatic carbocycles. The van der Waals surface area contributed by atoms with Crippen LogP contribution < -0.4 is 0 Å². The molecular weight excluding hydrogens is 372 g/mol. The van der Waals surface area contributed by atoms with E-state index in [1.165, 1.54) is 42.6 Å². The van der Waals surface area contributed by atoms with Crippen molar-refractivity contribution in [2.75, 3.05) is 13.2 Å². The number of aryl methyl sites for hydroxylation is 1. The molecule has 2 fully saturated rings. The first kappa shape index (κ1) is 19.1. The van der Waals surface area contributed by atoms with Crippen molar-refractivity contribution in [3.8, 4) is 10.6 Å². The Morgan fingerprint density at radius 3 is 2.71 bits per heavy atom. The molecule has 1 aromatic carbocycles. The quantitative estimate of drug-likeness (QED) is 0.714. The van der Waals surface area contributed by atoms with E-state index in [9.17, 15) is 9.59 Å². The lowest BCUT2D eigenvalue weighted by Crippen LogP contribution is -2.50. The van der Waals surface area contributed by atoms with Gasteiger partial charge in [0.2, 0.25) is 0 Å². The first-order chi connectivity index (χ1) is 13.6. The lowest BCUT2D eigenvalue weighted by Gasteiger charge is -2.44. The van der Waals surface area contributed by atoms with Crippen molar-refractivity contribution in [2.45, 2.75) is 51.5 Å². The molecule has 5 nitrogen and oxygen atoms in total. The number of aromatic nitrogens is 1. The molecule has 2 atom stereocenters. The molecule has 28 heavy (non-hydrogen) atoms. The summed E-state index contributed by atoms with van der Waals surface area (Å²) in [5, 5.41) is 2.47. The number of thiazole rings is 1. The van der Waals surface area contributed by atoms with Crippen LogP contribution >= 0.6 is 11.3 Å². The number of carbonyl (C=O) groups excluding carboxylic acids is 2. The molecule has 1 amide bonds. The minimum Gasteiger partial charge on any atom is -0.451 e. The number of benzene rings is 1. The molecule has 1 aromatic heterocycles. The molecule has 1 aliphatic heterocycles. The molecular formula is C22H26N2O3S. The predicted molar refractivity (Wildman–Crippen MR) is 109 cm³/mol. The van der Waals surface area contributed by atoms with Crippen molar-refractivity contribution in [1.29, 1.82) is 0 Å². The lowest BCUT2D eigenvalue weighted by molar-refractivity contribution is -0.140. The van der Waals surface area contributed by atoms with E-state index in [0.717, 1.165) is 30.0 Å². The van der Waals surface area contributed by atoms with Crippen molar-refractivity contribution < 1.29 is 14.3 Å². The minimum atomic E-state index is -0.528. The second-order valence-electron chi connectivity index (χ2n) is 7.82. The number of amides is 1. The number of piperidine rings is 1. The first-order valence-electron chi connectivity index (χ1n) is 10.1. The molecule has 2 heterocycles. The van der Waals surface area contributed by atoms with Crippen LogP contribution in [0, 0.1) is 12.8 Å². The van der Waals surface area contributed by atoms with Gasteiger partial charge < -0.3 is 9.64 Å². The number of ether oxygens (including phenoxy) is 1. The summed E-state index contributed by atoms with van der Waals surface area (Å²) in [5.41, 5.74) is 2.42. The molecule has 0 N–H and O–H groups in total. The summed E-state index contributed by atoms with van der Waals surface area (Å²) >= 11 is 1.41. The first-order valence-corrected chi connectivity index (χ1v) is 11.0. The average Bonchev–Trinajstić information content (AvgIpc) is 3.22. The van der Waals surface area contributed by atoms with Gasteiger partial charge in [-0.05, 0) is 38.5 Å². The largest absolute Gasteiger partial charge is 0.451 e. The van der Waals surface area contributed by atoms with Crippen LogP contribution in [0.25, 0.3) is 10.6 Å². The molecule has 0 unspecified atom stereocenters. The van der Waals surface area contributed by atoms with Crippen molar-refractivity contribution in [3.05, 3.63) is 40.9 Å². The summed E-state index contributed by atoms with van der Waals surface area (Å²) in [4.78, 5) is 31.4. The molecule has 0 radical (unpaired) electrons. The van der Waals surface area contributed by atoms with E-state index < -0.39 is 5.97 Å². The second-order valence-corrected chi connectivity index (χ2v) is 8.68. The fraction of sp³-hybridized carbons (Fsp3) is 0.500. The van der Waals surface area contributed by atoms with E-state index in [1.807, 2.05) is 36.1 Å². The van der Waals surface area contributed by atoms with Crippen LogP contribution in [0.2, 0.25) is 0 Å².